The van der Waals surface area contributed by atoms with E-state index >= 15 is 0 Å². The number of benzene rings is 1. The Balaban J connectivity index is 1.54. The second-order valence-corrected chi connectivity index (χ2v) is 5.56. The Morgan fingerprint density at radius 3 is 2.78 bits per heavy atom. The molecular weight excluding hydrogens is 293 g/mol. The summed E-state index contributed by atoms with van der Waals surface area (Å²) < 4.78 is 14.7. The molecule has 4 nitrogen and oxygen atoms in total. The lowest BCUT2D eigenvalue weighted by Crippen LogP contribution is -2.27. The van der Waals surface area contributed by atoms with Crippen molar-refractivity contribution >= 4 is 11.6 Å². The third-order valence-electron chi connectivity index (χ3n) is 3.72. The van der Waals surface area contributed by atoms with Gasteiger partial charge in [-0.05, 0) is 42.7 Å². The maximum absolute atomic E-state index is 12.8. The number of imidazole rings is 1. The SMILES string of the molecule is Cc1cccn2cc(CC(=O)NCCc3ccc(F)cc3)nc12. The zero-order valence-electron chi connectivity index (χ0n) is 12.9. The minimum Gasteiger partial charge on any atom is -0.355 e. The number of rotatable bonds is 5. The van der Waals surface area contributed by atoms with Crippen molar-refractivity contribution in [2.45, 2.75) is 19.8 Å². The fourth-order valence-corrected chi connectivity index (χ4v) is 2.51. The molecular formula is C18H18FN3O. The lowest BCUT2D eigenvalue weighted by atomic mass is 10.1. The Labute approximate surface area is 134 Å². The van der Waals surface area contributed by atoms with Crippen LogP contribution >= 0.6 is 0 Å². The zero-order chi connectivity index (χ0) is 16.2. The average Bonchev–Trinajstić information content (AvgIpc) is 2.93. The van der Waals surface area contributed by atoms with Gasteiger partial charge in [0.2, 0.25) is 5.91 Å². The normalized spacial score (nSPS) is 10.9. The fraction of sp³-hybridized carbons (Fsp3) is 0.222. The van der Waals surface area contributed by atoms with Crippen molar-refractivity contribution in [3.8, 4) is 0 Å². The molecule has 0 bridgehead atoms. The molecule has 1 aromatic carbocycles. The van der Waals surface area contributed by atoms with Crippen LogP contribution in [-0.2, 0) is 17.6 Å². The highest BCUT2D eigenvalue weighted by Crippen LogP contribution is 2.10. The fourth-order valence-electron chi connectivity index (χ4n) is 2.51. The number of aromatic nitrogens is 2. The number of halogens is 1. The van der Waals surface area contributed by atoms with Crippen LogP contribution in [0.3, 0.4) is 0 Å². The Kier molecular flexibility index (Phi) is 4.37. The van der Waals surface area contributed by atoms with Gasteiger partial charge in [0.25, 0.3) is 0 Å². The van der Waals surface area contributed by atoms with Crippen molar-refractivity contribution in [2.75, 3.05) is 6.54 Å². The summed E-state index contributed by atoms with van der Waals surface area (Å²) in [5.41, 5.74) is 3.70. The molecule has 0 aliphatic rings. The summed E-state index contributed by atoms with van der Waals surface area (Å²) in [6.07, 6.45) is 4.73. The molecule has 118 valence electrons. The van der Waals surface area contributed by atoms with E-state index in [2.05, 4.69) is 10.3 Å². The second-order valence-electron chi connectivity index (χ2n) is 5.56. The number of nitrogens with one attached hydrogen (secondary N) is 1. The van der Waals surface area contributed by atoms with E-state index in [0.717, 1.165) is 22.5 Å². The van der Waals surface area contributed by atoms with Crippen LogP contribution in [0.5, 0.6) is 0 Å². The first-order chi connectivity index (χ1) is 11.1. The van der Waals surface area contributed by atoms with Crippen LogP contribution in [0.4, 0.5) is 4.39 Å². The molecule has 0 saturated heterocycles. The molecule has 2 aromatic heterocycles. The minimum absolute atomic E-state index is 0.0619. The van der Waals surface area contributed by atoms with E-state index in [9.17, 15) is 9.18 Å². The van der Waals surface area contributed by atoms with Crippen LogP contribution in [-0.4, -0.2) is 21.8 Å². The van der Waals surface area contributed by atoms with E-state index in [1.807, 2.05) is 35.9 Å². The standard InChI is InChI=1S/C18H18FN3O/c1-13-3-2-10-22-12-16(21-18(13)22)11-17(23)20-9-8-14-4-6-15(19)7-5-14/h2-7,10,12H,8-9,11H2,1H3,(H,20,23). The molecule has 1 N–H and O–H groups in total. The van der Waals surface area contributed by atoms with Crippen molar-refractivity contribution in [1.82, 2.24) is 14.7 Å². The number of pyridine rings is 1. The highest BCUT2D eigenvalue weighted by molar-refractivity contribution is 5.78. The number of hydrogen-bond acceptors (Lipinski definition) is 2. The third-order valence-corrected chi connectivity index (χ3v) is 3.72. The Morgan fingerprint density at radius 1 is 1.26 bits per heavy atom. The number of aryl methyl sites for hydroxylation is 1. The van der Waals surface area contributed by atoms with Crippen molar-refractivity contribution in [1.29, 1.82) is 0 Å². The molecule has 23 heavy (non-hydrogen) atoms. The van der Waals surface area contributed by atoms with E-state index in [0.29, 0.717) is 13.0 Å². The highest BCUT2D eigenvalue weighted by atomic mass is 19.1. The molecule has 3 aromatic rings. The summed E-state index contributed by atoms with van der Waals surface area (Å²) in [6.45, 7) is 2.52. The van der Waals surface area contributed by atoms with Gasteiger partial charge in [0, 0.05) is 18.9 Å². The van der Waals surface area contributed by atoms with E-state index < -0.39 is 0 Å². The van der Waals surface area contributed by atoms with Crippen molar-refractivity contribution in [3.05, 3.63) is 71.4 Å². The van der Waals surface area contributed by atoms with Crippen LogP contribution in [0.25, 0.3) is 5.65 Å². The number of carbonyl (C=O) groups excluding carboxylic acids is 1. The van der Waals surface area contributed by atoms with Gasteiger partial charge < -0.3 is 9.72 Å². The molecule has 0 saturated carbocycles. The quantitative estimate of drug-likeness (QED) is 0.787. The van der Waals surface area contributed by atoms with Gasteiger partial charge in [0.1, 0.15) is 11.5 Å². The van der Waals surface area contributed by atoms with Crippen LogP contribution in [0, 0.1) is 12.7 Å². The van der Waals surface area contributed by atoms with Crippen LogP contribution in [0.1, 0.15) is 16.8 Å². The number of carbonyl (C=O) groups is 1. The number of fused-ring (bicyclic) bond motifs is 1. The van der Waals surface area contributed by atoms with Crippen molar-refractivity contribution < 1.29 is 9.18 Å². The van der Waals surface area contributed by atoms with E-state index in [1.54, 1.807) is 12.1 Å². The zero-order valence-corrected chi connectivity index (χ0v) is 12.9. The molecule has 1 amide bonds. The minimum atomic E-state index is -0.250. The highest BCUT2D eigenvalue weighted by Gasteiger charge is 2.08. The molecule has 3 rings (SSSR count). The van der Waals surface area contributed by atoms with Gasteiger partial charge in [-0.15, -0.1) is 0 Å². The molecule has 0 aliphatic carbocycles. The number of hydrogen-bond donors (Lipinski definition) is 1. The predicted molar refractivity (Wildman–Crippen MR) is 86.7 cm³/mol. The summed E-state index contributed by atoms with van der Waals surface area (Å²) in [5, 5.41) is 2.87. The summed E-state index contributed by atoms with van der Waals surface area (Å²) >= 11 is 0. The molecule has 2 heterocycles. The Morgan fingerprint density at radius 2 is 2.04 bits per heavy atom. The first-order valence-electron chi connectivity index (χ1n) is 7.56. The van der Waals surface area contributed by atoms with Crippen molar-refractivity contribution in [3.63, 3.8) is 0 Å². The van der Waals surface area contributed by atoms with E-state index in [4.69, 9.17) is 0 Å². The first-order valence-corrected chi connectivity index (χ1v) is 7.56. The number of amides is 1. The van der Waals surface area contributed by atoms with Gasteiger partial charge >= 0.3 is 0 Å². The van der Waals surface area contributed by atoms with Gasteiger partial charge in [0.05, 0.1) is 12.1 Å². The molecule has 0 atom stereocenters. The lowest BCUT2D eigenvalue weighted by molar-refractivity contribution is -0.120. The second kappa shape index (κ2) is 6.60. The van der Waals surface area contributed by atoms with Crippen LogP contribution in [0.2, 0.25) is 0 Å². The maximum atomic E-state index is 12.8. The van der Waals surface area contributed by atoms with Gasteiger partial charge in [-0.25, -0.2) is 9.37 Å². The van der Waals surface area contributed by atoms with Gasteiger partial charge in [-0.1, -0.05) is 18.2 Å². The summed E-state index contributed by atoms with van der Waals surface area (Å²) in [7, 11) is 0. The van der Waals surface area contributed by atoms with E-state index in [-0.39, 0.29) is 18.1 Å². The molecule has 0 fully saturated rings. The summed E-state index contributed by atoms with van der Waals surface area (Å²) in [6, 6.07) is 10.3. The molecule has 0 aliphatic heterocycles. The lowest BCUT2D eigenvalue weighted by Gasteiger charge is -2.04. The van der Waals surface area contributed by atoms with Crippen LogP contribution < -0.4 is 5.32 Å². The molecule has 0 spiro atoms. The van der Waals surface area contributed by atoms with Gasteiger partial charge in [0.15, 0.2) is 0 Å². The summed E-state index contributed by atoms with van der Waals surface area (Å²) in [5.74, 6) is -0.312. The predicted octanol–water partition coefficient (Wildman–Crippen LogP) is 2.68. The van der Waals surface area contributed by atoms with Crippen molar-refractivity contribution in [2.24, 2.45) is 0 Å². The van der Waals surface area contributed by atoms with E-state index in [1.165, 1.54) is 12.1 Å². The maximum Gasteiger partial charge on any atom is 0.226 e. The Bertz CT molecular complexity index is 824. The summed E-state index contributed by atoms with van der Waals surface area (Å²) in [4.78, 5) is 16.5. The largest absolute Gasteiger partial charge is 0.355 e. The Hall–Kier alpha value is -2.69. The molecule has 5 heteroatoms. The third kappa shape index (κ3) is 3.74. The molecule has 0 radical (unpaired) electrons. The smallest absolute Gasteiger partial charge is 0.226 e. The topological polar surface area (TPSA) is 46.4 Å². The number of nitrogens with zero attached hydrogens (tertiary/aromatic N) is 2. The van der Waals surface area contributed by atoms with Gasteiger partial charge in [-0.2, -0.15) is 0 Å². The molecule has 0 unspecified atom stereocenters. The average molecular weight is 311 g/mol. The monoisotopic (exact) mass is 311 g/mol. The van der Waals surface area contributed by atoms with Crippen LogP contribution in [0.15, 0.2) is 48.8 Å². The first kappa shape index (κ1) is 15.2. The van der Waals surface area contributed by atoms with Gasteiger partial charge in [-0.3, -0.25) is 4.79 Å².